The minimum absolute atomic E-state index is 0.101. The second-order valence-corrected chi connectivity index (χ2v) is 9.05. The van der Waals surface area contributed by atoms with Crippen molar-refractivity contribution < 1.29 is 9.18 Å². The van der Waals surface area contributed by atoms with Crippen molar-refractivity contribution in [1.82, 2.24) is 19.8 Å². The summed E-state index contributed by atoms with van der Waals surface area (Å²) in [5.74, 6) is 0.498. The van der Waals surface area contributed by atoms with Gasteiger partial charge in [-0.1, -0.05) is 67.1 Å². The van der Waals surface area contributed by atoms with Crippen LogP contribution >= 0.6 is 11.8 Å². The van der Waals surface area contributed by atoms with Crippen LogP contribution in [0.3, 0.4) is 0 Å². The predicted octanol–water partition coefficient (Wildman–Crippen LogP) is 4.25. The van der Waals surface area contributed by atoms with Gasteiger partial charge in [-0.2, -0.15) is 0 Å². The van der Waals surface area contributed by atoms with Crippen LogP contribution in [0.15, 0.2) is 59.8 Å². The van der Waals surface area contributed by atoms with Gasteiger partial charge in [0.15, 0.2) is 5.82 Å². The van der Waals surface area contributed by atoms with Crippen LogP contribution in [0.1, 0.15) is 37.3 Å². The molecule has 0 radical (unpaired) electrons. The van der Waals surface area contributed by atoms with E-state index in [1.165, 1.54) is 23.9 Å². The Bertz CT molecular complexity index is 1050. The minimum atomic E-state index is -0.399. The molecule has 2 aromatic carbocycles. The topological polar surface area (TPSA) is 63.1 Å². The molecule has 2 atom stereocenters. The highest BCUT2D eigenvalue weighted by Crippen LogP contribution is 2.39. The molecule has 2 aliphatic heterocycles. The molecule has 3 aromatic rings. The van der Waals surface area contributed by atoms with Crippen molar-refractivity contribution in [2.75, 3.05) is 18.5 Å². The lowest BCUT2D eigenvalue weighted by molar-refractivity contribution is -0.131. The quantitative estimate of drug-likeness (QED) is 0.664. The number of fused-ring (bicyclic) bond motifs is 1. The van der Waals surface area contributed by atoms with E-state index in [9.17, 15) is 9.18 Å². The molecular weight excluding hydrogens is 413 g/mol. The number of nitrogens with zero attached hydrogens (tertiary/aromatic N) is 4. The maximum Gasteiger partial charge on any atom is 0.238 e. The van der Waals surface area contributed by atoms with Gasteiger partial charge in [-0.25, -0.2) is 9.07 Å². The van der Waals surface area contributed by atoms with E-state index in [1.54, 1.807) is 12.1 Å². The molecule has 31 heavy (non-hydrogen) atoms. The van der Waals surface area contributed by atoms with Gasteiger partial charge in [-0.05, 0) is 30.5 Å². The molecule has 1 aromatic heterocycles. The Kier molecular flexibility index (Phi) is 5.63. The lowest BCUT2D eigenvalue weighted by Gasteiger charge is -2.35. The number of halogens is 1. The molecule has 3 heterocycles. The Morgan fingerprint density at radius 2 is 1.68 bits per heavy atom. The molecule has 1 amide bonds. The number of amides is 1. The van der Waals surface area contributed by atoms with Gasteiger partial charge in [-0.15, -0.1) is 10.2 Å². The van der Waals surface area contributed by atoms with Crippen molar-refractivity contribution in [3.63, 3.8) is 0 Å². The van der Waals surface area contributed by atoms with Crippen molar-refractivity contribution in [3.8, 4) is 11.4 Å². The Hall–Kier alpha value is -2.87. The van der Waals surface area contributed by atoms with Gasteiger partial charge in [0.05, 0.1) is 6.04 Å². The normalized spacial score (nSPS) is 21.1. The van der Waals surface area contributed by atoms with Crippen LogP contribution in [-0.2, 0) is 4.79 Å². The Balaban J connectivity index is 1.52. The van der Waals surface area contributed by atoms with Crippen molar-refractivity contribution in [1.29, 1.82) is 0 Å². The van der Waals surface area contributed by atoms with E-state index in [1.807, 2.05) is 39.9 Å². The first kappa shape index (κ1) is 20.1. The lowest BCUT2D eigenvalue weighted by atomic mass is 10.0. The summed E-state index contributed by atoms with van der Waals surface area (Å²) in [6, 6.07) is 15.9. The summed E-state index contributed by atoms with van der Waals surface area (Å²) in [5, 5.41) is 8.99. The van der Waals surface area contributed by atoms with E-state index in [0.717, 1.165) is 49.9 Å². The number of nitrogens with one attached hydrogen (secondary N) is 1. The van der Waals surface area contributed by atoms with Gasteiger partial charge in [0.2, 0.25) is 11.1 Å². The third-order valence-electron chi connectivity index (χ3n) is 5.86. The highest BCUT2D eigenvalue weighted by molar-refractivity contribution is 8.00. The first-order valence-corrected chi connectivity index (χ1v) is 11.6. The SMILES string of the molecule is O=C([C@H]1Sc2nnc(-c3ccccc3)n2N[C@H]1c1ccc(F)cc1)N1CCCCCC1. The monoisotopic (exact) mass is 437 g/mol. The summed E-state index contributed by atoms with van der Waals surface area (Å²) in [6.45, 7) is 1.57. The van der Waals surface area contributed by atoms with Gasteiger partial charge in [0.25, 0.3) is 0 Å². The smallest absolute Gasteiger partial charge is 0.238 e. The number of rotatable bonds is 3. The maximum atomic E-state index is 13.6. The first-order chi connectivity index (χ1) is 15.2. The number of likely N-dealkylation sites (tertiary alicyclic amines) is 1. The fraction of sp³-hybridized carbons (Fsp3) is 0.348. The summed E-state index contributed by atoms with van der Waals surface area (Å²) in [7, 11) is 0. The van der Waals surface area contributed by atoms with E-state index >= 15 is 0 Å². The van der Waals surface area contributed by atoms with E-state index < -0.39 is 5.25 Å². The van der Waals surface area contributed by atoms with Crippen LogP contribution in [0.4, 0.5) is 4.39 Å². The molecule has 5 rings (SSSR count). The molecule has 160 valence electrons. The zero-order chi connectivity index (χ0) is 21.2. The Morgan fingerprint density at radius 1 is 0.968 bits per heavy atom. The first-order valence-electron chi connectivity index (χ1n) is 10.7. The van der Waals surface area contributed by atoms with E-state index in [-0.39, 0.29) is 17.8 Å². The van der Waals surface area contributed by atoms with Crippen LogP contribution in [0.5, 0.6) is 0 Å². The number of carbonyl (C=O) groups excluding carboxylic acids is 1. The fourth-order valence-corrected chi connectivity index (χ4v) is 5.37. The van der Waals surface area contributed by atoms with Crippen LogP contribution in [-0.4, -0.2) is 44.0 Å². The highest BCUT2D eigenvalue weighted by atomic mass is 32.2. The molecule has 6 nitrogen and oxygen atoms in total. The summed E-state index contributed by atoms with van der Waals surface area (Å²) in [5.41, 5.74) is 5.26. The van der Waals surface area contributed by atoms with E-state index in [0.29, 0.717) is 11.0 Å². The van der Waals surface area contributed by atoms with Crippen LogP contribution < -0.4 is 5.43 Å². The second kappa shape index (κ2) is 8.70. The molecule has 0 bridgehead atoms. The number of hydrogen-bond acceptors (Lipinski definition) is 5. The maximum absolute atomic E-state index is 13.6. The standard InChI is InChI=1S/C23H24FN5OS/c24-18-12-10-16(11-13-18)19-20(22(30)28-14-6-1-2-7-15-28)31-23-26-25-21(29(23)27-19)17-8-4-3-5-9-17/h3-5,8-13,19-20,27H,1-2,6-7,14-15H2/t19-,20-/m0/s1. The molecule has 2 aliphatic rings. The highest BCUT2D eigenvalue weighted by Gasteiger charge is 2.40. The number of benzene rings is 2. The molecule has 0 spiro atoms. The van der Waals surface area contributed by atoms with E-state index in [4.69, 9.17) is 0 Å². The van der Waals surface area contributed by atoms with Gasteiger partial charge < -0.3 is 10.3 Å². The van der Waals surface area contributed by atoms with E-state index in [2.05, 4.69) is 15.6 Å². The fourth-order valence-electron chi connectivity index (χ4n) is 4.21. The van der Waals surface area contributed by atoms with Gasteiger partial charge >= 0.3 is 0 Å². The second-order valence-electron chi connectivity index (χ2n) is 7.94. The number of thioether (sulfide) groups is 1. The summed E-state index contributed by atoms with van der Waals surface area (Å²) < 4.78 is 15.4. The molecule has 1 fully saturated rings. The van der Waals surface area contributed by atoms with Crippen molar-refractivity contribution in [2.24, 2.45) is 0 Å². The van der Waals surface area contributed by atoms with Crippen LogP contribution in [0.25, 0.3) is 11.4 Å². The molecule has 8 heteroatoms. The van der Waals surface area contributed by atoms with Crippen molar-refractivity contribution >= 4 is 17.7 Å². The Morgan fingerprint density at radius 3 is 2.39 bits per heavy atom. The largest absolute Gasteiger partial charge is 0.342 e. The molecular formula is C23H24FN5OS. The summed E-state index contributed by atoms with van der Waals surface area (Å²) in [4.78, 5) is 15.6. The van der Waals surface area contributed by atoms with Gasteiger partial charge in [0.1, 0.15) is 11.1 Å². The summed E-state index contributed by atoms with van der Waals surface area (Å²) >= 11 is 1.43. The third-order valence-corrected chi connectivity index (χ3v) is 7.06. The number of aromatic nitrogens is 3. The zero-order valence-corrected chi connectivity index (χ0v) is 17.9. The minimum Gasteiger partial charge on any atom is -0.342 e. The van der Waals surface area contributed by atoms with Crippen molar-refractivity contribution in [2.45, 2.75) is 42.1 Å². The van der Waals surface area contributed by atoms with Crippen molar-refractivity contribution in [3.05, 3.63) is 66.0 Å². The van der Waals surface area contributed by atoms with Gasteiger partial charge in [0, 0.05) is 18.7 Å². The summed E-state index contributed by atoms with van der Waals surface area (Å²) in [6.07, 6.45) is 4.39. The number of hydrogen-bond donors (Lipinski definition) is 1. The number of carbonyl (C=O) groups is 1. The molecule has 0 aliphatic carbocycles. The van der Waals surface area contributed by atoms with Crippen LogP contribution in [0, 0.1) is 5.82 Å². The zero-order valence-electron chi connectivity index (χ0n) is 17.1. The molecule has 0 unspecified atom stereocenters. The van der Waals surface area contributed by atoms with Gasteiger partial charge in [-0.3, -0.25) is 4.79 Å². The average molecular weight is 438 g/mol. The molecule has 1 N–H and O–H groups in total. The molecule has 1 saturated heterocycles. The Labute approximate surface area is 184 Å². The average Bonchev–Trinajstić information content (AvgIpc) is 3.02. The van der Waals surface area contributed by atoms with Crippen LogP contribution in [0.2, 0.25) is 0 Å². The lowest BCUT2D eigenvalue weighted by Crippen LogP contribution is -2.46. The third kappa shape index (κ3) is 4.04. The predicted molar refractivity (Wildman–Crippen MR) is 119 cm³/mol. The molecule has 0 saturated carbocycles.